The molecule has 0 saturated carbocycles. The summed E-state index contributed by atoms with van der Waals surface area (Å²) in [4.78, 5) is 24.7. The number of carbonyl (C=O) groups excluding carboxylic acids is 2. The van der Waals surface area contributed by atoms with Crippen molar-refractivity contribution < 1.29 is 14.0 Å². The minimum atomic E-state index is -0.0615. The number of furan rings is 1. The van der Waals surface area contributed by atoms with Crippen LogP contribution in [0.3, 0.4) is 0 Å². The van der Waals surface area contributed by atoms with Gasteiger partial charge in [0.2, 0.25) is 5.91 Å². The van der Waals surface area contributed by atoms with Crippen molar-refractivity contribution in [1.29, 1.82) is 0 Å². The van der Waals surface area contributed by atoms with Gasteiger partial charge in [-0.2, -0.15) is 0 Å². The average molecular weight is 337 g/mol. The molecular formula is C21H23NO3. The summed E-state index contributed by atoms with van der Waals surface area (Å²) in [6.07, 6.45) is 8.41. The highest BCUT2D eigenvalue weighted by Crippen LogP contribution is 2.30. The zero-order valence-electron chi connectivity index (χ0n) is 14.3. The highest BCUT2D eigenvalue weighted by Gasteiger charge is 2.24. The van der Waals surface area contributed by atoms with Crippen molar-refractivity contribution in [2.75, 3.05) is 0 Å². The zero-order chi connectivity index (χ0) is 17.2. The molecule has 0 radical (unpaired) electrons. The van der Waals surface area contributed by atoms with Crippen LogP contribution in [-0.2, 0) is 24.1 Å². The second kappa shape index (κ2) is 6.87. The monoisotopic (exact) mass is 337 g/mol. The molecule has 1 heterocycles. The molecule has 2 aromatic rings. The molecule has 1 amide bonds. The highest BCUT2D eigenvalue weighted by atomic mass is 16.3. The molecule has 2 aliphatic rings. The molecule has 0 fully saturated rings. The van der Waals surface area contributed by atoms with Crippen LogP contribution in [0, 0.1) is 0 Å². The SMILES string of the molecule is O=C(CCC(=O)c1ccc2c(c1)CCC2)NC1CCCc2occc21. The second-order valence-corrected chi connectivity index (χ2v) is 7.07. The molecule has 4 nitrogen and oxygen atoms in total. The van der Waals surface area contributed by atoms with E-state index in [0.717, 1.165) is 49.0 Å². The molecule has 2 aliphatic carbocycles. The van der Waals surface area contributed by atoms with Crippen LogP contribution in [0.2, 0.25) is 0 Å². The fourth-order valence-corrected chi connectivity index (χ4v) is 4.02. The zero-order valence-corrected chi connectivity index (χ0v) is 14.3. The fourth-order valence-electron chi connectivity index (χ4n) is 4.02. The summed E-state index contributed by atoms with van der Waals surface area (Å²) in [5.74, 6) is 0.969. The van der Waals surface area contributed by atoms with Crippen molar-refractivity contribution in [3.63, 3.8) is 0 Å². The molecule has 1 atom stereocenters. The number of rotatable bonds is 5. The predicted molar refractivity (Wildman–Crippen MR) is 94.6 cm³/mol. The van der Waals surface area contributed by atoms with Crippen LogP contribution in [0.5, 0.6) is 0 Å². The van der Waals surface area contributed by atoms with Crippen LogP contribution in [-0.4, -0.2) is 11.7 Å². The van der Waals surface area contributed by atoms with E-state index in [4.69, 9.17) is 4.42 Å². The molecule has 0 aliphatic heterocycles. The third kappa shape index (κ3) is 3.39. The number of benzene rings is 1. The van der Waals surface area contributed by atoms with Gasteiger partial charge >= 0.3 is 0 Å². The first-order valence-corrected chi connectivity index (χ1v) is 9.21. The second-order valence-electron chi connectivity index (χ2n) is 7.07. The molecule has 0 spiro atoms. The molecule has 1 aromatic heterocycles. The topological polar surface area (TPSA) is 59.3 Å². The third-order valence-corrected chi connectivity index (χ3v) is 5.39. The van der Waals surface area contributed by atoms with Gasteiger partial charge in [0.15, 0.2) is 5.78 Å². The van der Waals surface area contributed by atoms with Crippen molar-refractivity contribution in [3.05, 3.63) is 58.5 Å². The summed E-state index contributed by atoms with van der Waals surface area (Å²) in [5.41, 5.74) is 4.49. The van der Waals surface area contributed by atoms with E-state index in [9.17, 15) is 9.59 Å². The first-order valence-electron chi connectivity index (χ1n) is 9.21. The predicted octanol–water partition coefficient (Wildman–Crippen LogP) is 3.93. The van der Waals surface area contributed by atoms with Gasteiger partial charge in [0.05, 0.1) is 12.3 Å². The van der Waals surface area contributed by atoms with Crippen molar-refractivity contribution in [1.82, 2.24) is 5.32 Å². The average Bonchev–Trinajstić information content (AvgIpc) is 3.28. The Morgan fingerprint density at radius 3 is 2.84 bits per heavy atom. The van der Waals surface area contributed by atoms with Gasteiger partial charge in [-0.1, -0.05) is 12.1 Å². The van der Waals surface area contributed by atoms with Crippen molar-refractivity contribution in [2.24, 2.45) is 0 Å². The molecule has 1 aromatic carbocycles. The van der Waals surface area contributed by atoms with Crippen LogP contribution in [0.15, 0.2) is 34.9 Å². The van der Waals surface area contributed by atoms with E-state index in [1.54, 1.807) is 6.26 Å². The summed E-state index contributed by atoms with van der Waals surface area (Å²) in [6.45, 7) is 0. The van der Waals surface area contributed by atoms with Crippen LogP contribution < -0.4 is 5.32 Å². The maximum absolute atomic E-state index is 12.4. The largest absolute Gasteiger partial charge is 0.469 e. The number of amides is 1. The molecular weight excluding hydrogens is 314 g/mol. The third-order valence-electron chi connectivity index (χ3n) is 5.39. The van der Waals surface area contributed by atoms with Crippen molar-refractivity contribution in [3.8, 4) is 0 Å². The summed E-state index contributed by atoms with van der Waals surface area (Å²) in [7, 11) is 0. The Morgan fingerprint density at radius 1 is 1.04 bits per heavy atom. The lowest BCUT2D eigenvalue weighted by Gasteiger charge is -2.22. The minimum absolute atomic E-state index is 0.0186. The van der Waals surface area contributed by atoms with Crippen LogP contribution in [0.1, 0.15) is 71.0 Å². The Labute approximate surface area is 147 Å². The van der Waals surface area contributed by atoms with Crippen molar-refractivity contribution in [2.45, 2.75) is 57.4 Å². The summed E-state index contributed by atoms with van der Waals surface area (Å²) < 4.78 is 5.45. The number of hydrogen-bond acceptors (Lipinski definition) is 3. The van der Waals surface area contributed by atoms with Gasteiger partial charge in [-0.25, -0.2) is 0 Å². The van der Waals surface area contributed by atoms with E-state index in [2.05, 4.69) is 11.4 Å². The van der Waals surface area contributed by atoms with Gasteiger partial charge in [-0.05, 0) is 55.4 Å². The normalized spacial score (nSPS) is 18.5. The Hall–Kier alpha value is -2.36. The Kier molecular flexibility index (Phi) is 4.43. The van der Waals surface area contributed by atoms with E-state index < -0.39 is 0 Å². The van der Waals surface area contributed by atoms with Gasteiger partial charge < -0.3 is 9.73 Å². The van der Waals surface area contributed by atoms with E-state index in [1.807, 2.05) is 18.2 Å². The molecule has 25 heavy (non-hydrogen) atoms. The van der Waals surface area contributed by atoms with E-state index in [0.29, 0.717) is 0 Å². The molecule has 0 bridgehead atoms. The Balaban J connectivity index is 1.33. The minimum Gasteiger partial charge on any atom is -0.469 e. The first-order chi connectivity index (χ1) is 12.2. The summed E-state index contributed by atoms with van der Waals surface area (Å²) in [5, 5.41) is 3.06. The maximum Gasteiger partial charge on any atom is 0.220 e. The van der Waals surface area contributed by atoms with Crippen LogP contribution >= 0.6 is 0 Å². The lowest BCUT2D eigenvalue weighted by Crippen LogP contribution is -2.30. The number of carbonyl (C=O) groups is 2. The summed E-state index contributed by atoms with van der Waals surface area (Å²) in [6, 6.07) is 7.95. The Bertz CT molecular complexity index is 805. The lowest BCUT2D eigenvalue weighted by atomic mass is 9.93. The van der Waals surface area contributed by atoms with Gasteiger partial charge in [0.25, 0.3) is 0 Å². The standard InChI is InChI=1S/C21H23NO3/c23-19(16-8-7-14-3-1-4-15(14)13-16)9-10-21(24)22-18-5-2-6-20-17(18)11-12-25-20/h7-8,11-13,18H,1-6,9-10H2,(H,22,24). The van der Waals surface area contributed by atoms with Gasteiger partial charge in [0.1, 0.15) is 5.76 Å². The number of fused-ring (bicyclic) bond motifs is 2. The molecule has 4 rings (SSSR count). The van der Waals surface area contributed by atoms with Gasteiger partial charge in [-0.3, -0.25) is 9.59 Å². The van der Waals surface area contributed by atoms with Gasteiger partial charge in [-0.15, -0.1) is 0 Å². The number of aryl methyl sites for hydroxylation is 3. The van der Waals surface area contributed by atoms with Crippen molar-refractivity contribution >= 4 is 11.7 Å². The van der Waals surface area contributed by atoms with E-state index in [1.165, 1.54) is 17.5 Å². The number of ketones is 1. The van der Waals surface area contributed by atoms with E-state index in [-0.39, 0.29) is 30.6 Å². The fraction of sp³-hybridized carbons (Fsp3) is 0.429. The highest BCUT2D eigenvalue weighted by molar-refractivity contribution is 5.98. The summed E-state index contributed by atoms with van der Waals surface area (Å²) >= 11 is 0. The van der Waals surface area contributed by atoms with Gasteiger partial charge in [0, 0.05) is 30.4 Å². The lowest BCUT2D eigenvalue weighted by molar-refractivity contribution is -0.121. The molecule has 4 heteroatoms. The van der Waals surface area contributed by atoms with Crippen LogP contribution in [0.25, 0.3) is 0 Å². The number of Topliss-reactive ketones (excluding diaryl/α,β-unsaturated/α-hetero) is 1. The Morgan fingerprint density at radius 2 is 1.92 bits per heavy atom. The van der Waals surface area contributed by atoms with Crippen LogP contribution in [0.4, 0.5) is 0 Å². The molecule has 1 N–H and O–H groups in total. The first kappa shape index (κ1) is 16.1. The quantitative estimate of drug-likeness (QED) is 0.841. The molecule has 0 saturated heterocycles. The molecule has 130 valence electrons. The maximum atomic E-state index is 12.4. The number of hydrogen-bond donors (Lipinski definition) is 1. The molecule has 1 unspecified atom stereocenters. The van der Waals surface area contributed by atoms with E-state index >= 15 is 0 Å². The number of nitrogens with one attached hydrogen (secondary N) is 1. The smallest absolute Gasteiger partial charge is 0.220 e.